The van der Waals surface area contributed by atoms with Crippen LogP contribution in [0.25, 0.3) is 44.2 Å². The lowest BCUT2D eigenvalue weighted by molar-refractivity contribution is 0.661. The second-order valence-electron chi connectivity index (χ2n) is 10.1. The maximum absolute atomic E-state index is 2.45. The van der Waals surface area contributed by atoms with Gasteiger partial charge in [-0.25, -0.2) is 0 Å². The van der Waals surface area contributed by atoms with Crippen LogP contribution >= 0.6 is 0 Å². The Hall–Kier alpha value is -3.84. The van der Waals surface area contributed by atoms with E-state index in [2.05, 4.69) is 122 Å². The van der Waals surface area contributed by atoms with Gasteiger partial charge in [0.25, 0.3) is 0 Å². The molecule has 34 heavy (non-hydrogen) atoms. The minimum absolute atomic E-state index is 0.00771. The van der Waals surface area contributed by atoms with Crippen LogP contribution in [0.3, 0.4) is 0 Å². The molecule has 1 aromatic heterocycles. The monoisotopic (exact) mass is 437 g/mol. The van der Waals surface area contributed by atoms with E-state index in [-0.39, 0.29) is 5.41 Å². The molecule has 1 heterocycles. The summed E-state index contributed by atoms with van der Waals surface area (Å²) in [5, 5.41) is 2.64. The molecule has 0 bridgehead atoms. The zero-order chi connectivity index (χ0) is 22.9. The van der Waals surface area contributed by atoms with Gasteiger partial charge in [0.2, 0.25) is 0 Å². The first-order valence-corrected chi connectivity index (χ1v) is 12.3. The summed E-state index contributed by atoms with van der Waals surface area (Å²) in [6.45, 7) is 4.72. The molecule has 1 nitrogen and oxygen atoms in total. The van der Waals surface area contributed by atoms with E-state index in [1.54, 1.807) is 0 Å². The van der Waals surface area contributed by atoms with Crippen molar-refractivity contribution in [3.8, 4) is 16.8 Å². The van der Waals surface area contributed by atoms with Crippen molar-refractivity contribution < 1.29 is 0 Å². The van der Waals surface area contributed by atoms with Crippen molar-refractivity contribution in [2.45, 2.75) is 32.1 Å². The van der Waals surface area contributed by atoms with Crippen LogP contribution in [0.15, 0.2) is 103 Å². The van der Waals surface area contributed by atoms with Crippen LogP contribution in [0, 0.1) is 0 Å². The maximum Gasteiger partial charge on any atom is 0.0544 e. The normalized spacial score (nSPS) is 16.0. The van der Waals surface area contributed by atoms with Gasteiger partial charge in [0.1, 0.15) is 0 Å². The molecule has 0 amide bonds. The minimum Gasteiger partial charge on any atom is -0.309 e. The van der Waals surface area contributed by atoms with Gasteiger partial charge in [-0.05, 0) is 76.6 Å². The summed E-state index contributed by atoms with van der Waals surface area (Å²) in [7, 11) is 0. The Morgan fingerprint density at radius 1 is 0.706 bits per heavy atom. The third-order valence-electron chi connectivity index (χ3n) is 7.89. The van der Waals surface area contributed by atoms with Gasteiger partial charge >= 0.3 is 0 Å². The number of nitrogens with zero attached hydrogens (tertiary/aromatic N) is 1. The van der Waals surface area contributed by atoms with Gasteiger partial charge in [-0.15, -0.1) is 0 Å². The Morgan fingerprint density at radius 3 is 2.32 bits per heavy atom. The quantitative estimate of drug-likeness (QED) is 0.260. The summed E-state index contributed by atoms with van der Waals surface area (Å²) in [6.07, 6.45) is 8.92. The van der Waals surface area contributed by atoms with Crippen molar-refractivity contribution in [3.05, 3.63) is 120 Å². The van der Waals surface area contributed by atoms with E-state index in [4.69, 9.17) is 0 Å². The van der Waals surface area contributed by atoms with Gasteiger partial charge in [-0.1, -0.05) is 86.7 Å². The lowest BCUT2D eigenvalue weighted by Crippen LogP contribution is -2.14. The first-order chi connectivity index (χ1) is 16.6. The minimum atomic E-state index is -0.00771. The molecule has 1 heteroatoms. The summed E-state index contributed by atoms with van der Waals surface area (Å²) in [5.74, 6) is 0. The van der Waals surface area contributed by atoms with Gasteiger partial charge < -0.3 is 4.57 Å². The van der Waals surface area contributed by atoms with Crippen LogP contribution in [-0.2, 0) is 5.41 Å². The number of rotatable bonds is 2. The number of para-hydroxylation sites is 1. The molecule has 0 radical (unpaired) electrons. The Balaban J connectivity index is 1.48. The zero-order valence-electron chi connectivity index (χ0n) is 19.7. The molecule has 5 aromatic rings. The molecule has 0 fully saturated rings. The van der Waals surface area contributed by atoms with Crippen molar-refractivity contribution in [2.75, 3.05) is 0 Å². The standard InChI is InChI=1S/C33H27N/c1-33(2)29-14-8-6-12-25(29)27-20-28-26-13-7-9-15-31(26)34(32(28)21-30(27)33)24-18-16-23(17-19-24)22-10-4-3-5-11-22/h3-4,6-10,12-21H,5,11H2,1-2H3. The van der Waals surface area contributed by atoms with Crippen LogP contribution in [0.1, 0.15) is 43.4 Å². The first-order valence-electron chi connectivity index (χ1n) is 12.3. The van der Waals surface area contributed by atoms with Crippen molar-refractivity contribution in [1.29, 1.82) is 0 Å². The fourth-order valence-corrected chi connectivity index (χ4v) is 6.11. The van der Waals surface area contributed by atoms with E-state index in [1.807, 2.05) is 0 Å². The van der Waals surface area contributed by atoms with E-state index in [0.717, 1.165) is 12.8 Å². The molecular weight excluding hydrogens is 410 g/mol. The predicted octanol–water partition coefficient (Wildman–Crippen LogP) is 8.82. The molecule has 0 N–H and O–H groups in total. The van der Waals surface area contributed by atoms with Crippen LogP contribution in [0.2, 0.25) is 0 Å². The van der Waals surface area contributed by atoms with Crippen LogP contribution < -0.4 is 0 Å². The van der Waals surface area contributed by atoms with Crippen molar-refractivity contribution in [3.63, 3.8) is 0 Å². The van der Waals surface area contributed by atoms with E-state index < -0.39 is 0 Å². The molecule has 164 valence electrons. The van der Waals surface area contributed by atoms with E-state index in [1.165, 1.54) is 60.9 Å². The highest BCUT2D eigenvalue weighted by Crippen LogP contribution is 2.50. The molecule has 0 saturated heterocycles. The summed E-state index contributed by atoms with van der Waals surface area (Å²) >= 11 is 0. The smallest absolute Gasteiger partial charge is 0.0544 e. The Bertz CT molecular complexity index is 1660. The molecule has 0 spiro atoms. The topological polar surface area (TPSA) is 4.93 Å². The van der Waals surface area contributed by atoms with E-state index >= 15 is 0 Å². The van der Waals surface area contributed by atoms with Gasteiger partial charge in [0.15, 0.2) is 0 Å². The van der Waals surface area contributed by atoms with Crippen LogP contribution in [-0.4, -0.2) is 4.57 Å². The van der Waals surface area contributed by atoms with Gasteiger partial charge in [0.05, 0.1) is 11.0 Å². The van der Waals surface area contributed by atoms with Gasteiger partial charge in [-0.3, -0.25) is 0 Å². The second-order valence-corrected chi connectivity index (χ2v) is 10.1. The average molecular weight is 438 g/mol. The molecule has 0 atom stereocenters. The highest BCUT2D eigenvalue weighted by atomic mass is 15.0. The predicted molar refractivity (Wildman–Crippen MR) is 145 cm³/mol. The van der Waals surface area contributed by atoms with Gasteiger partial charge in [-0.2, -0.15) is 0 Å². The highest BCUT2D eigenvalue weighted by molar-refractivity contribution is 6.11. The van der Waals surface area contributed by atoms with E-state index in [9.17, 15) is 0 Å². The van der Waals surface area contributed by atoms with Gasteiger partial charge in [0, 0.05) is 21.9 Å². The number of aromatic nitrogens is 1. The summed E-state index contributed by atoms with van der Waals surface area (Å²) in [5.41, 5.74) is 12.1. The average Bonchev–Trinajstić information content (AvgIpc) is 3.33. The molecule has 2 aliphatic rings. The van der Waals surface area contributed by atoms with Crippen LogP contribution in [0.5, 0.6) is 0 Å². The Morgan fingerprint density at radius 2 is 1.50 bits per heavy atom. The third kappa shape index (κ3) is 2.67. The highest BCUT2D eigenvalue weighted by Gasteiger charge is 2.36. The van der Waals surface area contributed by atoms with E-state index in [0.29, 0.717) is 0 Å². The van der Waals surface area contributed by atoms with Crippen LogP contribution in [0.4, 0.5) is 0 Å². The number of fused-ring (bicyclic) bond motifs is 6. The number of hydrogen-bond acceptors (Lipinski definition) is 0. The summed E-state index contributed by atoms with van der Waals surface area (Å²) in [6, 6.07) is 31.8. The van der Waals surface area contributed by atoms with Crippen molar-refractivity contribution >= 4 is 27.4 Å². The summed E-state index contributed by atoms with van der Waals surface area (Å²) < 4.78 is 2.45. The lowest BCUT2D eigenvalue weighted by Gasteiger charge is -2.21. The Labute approximate surface area is 200 Å². The van der Waals surface area contributed by atoms with Crippen molar-refractivity contribution in [1.82, 2.24) is 4.57 Å². The molecule has 0 aliphatic heterocycles. The fraction of sp³-hybridized carbons (Fsp3) is 0.152. The lowest BCUT2D eigenvalue weighted by atomic mass is 9.82. The molecule has 4 aromatic carbocycles. The summed E-state index contributed by atoms with van der Waals surface area (Å²) in [4.78, 5) is 0. The first kappa shape index (κ1) is 19.6. The molecule has 0 saturated carbocycles. The molecule has 0 unspecified atom stereocenters. The number of benzene rings is 4. The molecule has 2 aliphatic carbocycles. The fourth-order valence-electron chi connectivity index (χ4n) is 6.11. The Kier molecular flexibility index (Phi) is 4.08. The number of hydrogen-bond donors (Lipinski definition) is 0. The number of allylic oxidation sites excluding steroid dienone is 4. The SMILES string of the molecule is CC1(C)c2ccccc2-c2cc3c4ccccc4n(-c4ccc(C5=CC=CCC5)cc4)c3cc21. The third-order valence-corrected chi connectivity index (χ3v) is 7.89. The molecule has 7 rings (SSSR count). The maximum atomic E-state index is 2.45. The second kappa shape index (κ2) is 7.08. The molecular formula is C33H27N. The van der Waals surface area contributed by atoms with Crippen molar-refractivity contribution in [2.24, 2.45) is 0 Å². The largest absolute Gasteiger partial charge is 0.309 e. The zero-order valence-corrected chi connectivity index (χ0v) is 19.7.